The Balaban J connectivity index is 1.37. The Bertz CT molecular complexity index is 787. The van der Waals surface area contributed by atoms with Crippen molar-refractivity contribution in [3.63, 3.8) is 0 Å². The topological polar surface area (TPSA) is 29.5 Å². The average Bonchev–Trinajstić information content (AvgIpc) is 3.16. The molecule has 0 aromatic rings. The molecule has 0 radical (unpaired) electrons. The van der Waals surface area contributed by atoms with E-state index in [0.29, 0.717) is 17.3 Å². The van der Waals surface area contributed by atoms with Crippen molar-refractivity contribution < 1.29 is 9.53 Å². The summed E-state index contributed by atoms with van der Waals surface area (Å²) in [6, 6.07) is 0. The summed E-state index contributed by atoms with van der Waals surface area (Å²) in [6.07, 6.45) is 18.7. The van der Waals surface area contributed by atoms with E-state index in [0.717, 1.165) is 61.3 Å². The Labute approximate surface area is 223 Å². The van der Waals surface area contributed by atoms with Gasteiger partial charge in [-0.3, -0.25) is 4.79 Å². The second kappa shape index (κ2) is 11.5. The van der Waals surface area contributed by atoms with Gasteiger partial charge in [0, 0.05) is 12.8 Å². The molecule has 0 spiro atoms. The van der Waals surface area contributed by atoms with Crippen LogP contribution < -0.4 is 0 Å². The van der Waals surface area contributed by atoms with Crippen molar-refractivity contribution in [3.05, 3.63) is 11.6 Å². The van der Waals surface area contributed by atoms with Crippen LogP contribution in [0.15, 0.2) is 11.6 Å². The maximum absolute atomic E-state index is 12.4. The minimum absolute atomic E-state index is 0.00711. The summed E-state index contributed by atoms with van der Waals surface area (Å²) in [4.78, 5) is 14.6. The SMILES string of the molecule is CC(C)CCC[C@@H](C)C1CCC2C3CC=C4C[C@@H](OC(=O)CCCN(C)C)CC[C@]4(C)C3CC[C@@]21C. The first kappa shape index (κ1) is 28.2. The predicted octanol–water partition coefficient (Wildman–Crippen LogP) is 8.28. The summed E-state index contributed by atoms with van der Waals surface area (Å²) < 4.78 is 5.98. The maximum atomic E-state index is 12.4. The van der Waals surface area contributed by atoms with E-state index in [4.69, 9.17) is 4.74 Å². The highest BCUT2D eigenvalue weighted by Crippen LogP contribution is 2.67. The molecule has 0 aromatic heterocycles. The van der Waals surface area contributed by atoms with Crippen molar-refractivity contribution in [1.82, 2.24) is 4.90 Å². The molecule has 0 N–H and O–H groups in total. The zero-order valence-electron chi connectivity index (χ0n) is 24.8. The molecule has 0 heterocycles. The molecule has 8 atom stereocenters. The number of carbonyl (C=O) groups excluding carboxylic acids is 1. The Kier molecular flexibility index (Phi) is 9.01. The fourth-order valence-electron chi connectivity index (χ4n) is 9.54. The predicted molar refractivity (Wildman–Crippen MR) is 151 cm³/mol. The van der Waals surface area contributed by atoms with Crippen molar-refractivity contribution in [2.24, 2.45) is 46.3 Å². The Morgan fingerprint density at radius 1 is 1.03 bits per heavy atom. The lowest BCUT2D eigenvalue weighted by Gasteiger charge is -2.58. The third kappa shape index (κ3) is 5.76. The van der Waals surface area contributed by atoms with Crippen LogP contribution in [0, 0.1) is 46.3 Å². The van der Waals surface area contributed by atoms with Crippen LogP contribution >= 0.6 is 0 Å². The smallest absolute Gasteiger partial charge is 0.306 e. The molecule has 3 nitrogen and oxygen atoms in total. The van der Waals surface area contributed by atoms with Gasteiger partial charge in [-0.25, -0.2) is 0 Å². The average molecular weight is 500 g/mol. The number of carbonyl (C=O) groups is 1. The molecule has 0 aromatic carbocycles. The lowest BCUT2D eigenvalue weighted by atomic mass is 9.47. The van der Waals surface area contributed by atoms with E-state index < -0.39 is 0 Å². The standard InChI is InChI=1S/C33H57NO2/c1-23(2)10-8-11-24(3)28-15-16-29-27-14-13-25-22-26(36-31(35)12-9-21-34(6)7)17-19-32(25,4)30(27)18-20-33(28,29)5/h13,23-24,26-30H,8-12,14-22H2,1-7H3/t24-,26+,27?,28?,29?,30?,32+,33-/m1/s1. The Morgan fingerprint density at radius 2 is 1.81 bits per heavy atom. The summed E-state index contributed by atoms with van der Waals surface area (Å²) in [7, 11) is 4.12. The van der Waals surface area contributed by atoms with Gasteiger partial charge < -0.3 is 9.64 Å². The van der Waals surface area contributed by atoms with Gasteiger partial charge in [-0.2, -0.15) is 0 Å². The number of esters is 1. The highest BCUT2D eigenvalue weighted by atomic mass is 16.5. The van der Waals surface area contributed by atoms with Crippen LogP contribution in [0.1, 0.15) is 118 Å². The molecular formula is C33H57NO2. The first-order valence-electron chi connectivity index (χ1n) is 15.6. The third-order valence-electron chi connectivity index (χ3n) is 11.5. The number of fused-ring (bicyclic) bond motifs is 5. The van der Waals surface area contributed by atoms with E-state index >= 15 is 0 Å². The van der Waals surface area contributed by atoms with Gasteiger partial charge in [-0.05, 0) is 118 Å². The zero-order chi connectivity index (χ0) is 26.1. The molecular weight excluding hydrogens is 442 g/mol. The molecule has 3 saturated carbocycles. The molecule has 0 saturated heterocycles. The number of hydrogen-bond acceptors (Lipinski definition) is 3. The van der Waals surface area contributed by atoms with Gasteiger partial charge in [0.2, 0.25) is 0 Å². The van der Waals surface area contributed by atoms with Crippen molar-refractivity contribution >= 4 is 5.97 Å². The van der Waals surface area contributed by atoms with E-state index in [-0.39, 0.29) is 12.1 Å². The second-order valence-electron chi connectivity index (χ2n) is 14.6. The van der Waals surface area contributed by atoms with E-state index in [1.165, 1.54) is 57.8 Å². The van der Waals surface area contributed by atoms with Gasteiger partial charge >= 0.3 is 5.97 Å². The van der Waals surface area contributed by atoms with Gasteiger partial charge in [0.05, 0.1) is 0 Å². The van der Waals surface area contributed by atoms with Crippen LogP contribution in [-0.4, -0.2) is 37.6 Å². The van der Waals surface area contributed by atoms with E-state index in [1.807, 2.05) is 0 Å². The molecule has 0 bridgehead atoms. The highest BCUT2D eigenvalue weighted by molar-refractivity contribution is 5.69. The fourth-order valence-corrected chi connectivity index (χ4v) is 9.54. The van der Waals surface area contributed by atoms with Crippen molar-refractivity contribution in [2.75, 3.05) is 20.6 Å². The van der Waals surface area contributed by atoms with Crippen LogP contribution in [0.5, 0.6) is 0 Å². The fraction of sp³-hybridized carbons (Fsp3) is 0.909. The first-order valence-corrected chi connectivity index (χ1v) is 15.6. The maximum Gasteiger partial charge on any atom is 0.306 e. The molecule has 0 amide bonds. The van der Waals surface area contributed by atoms with Crippen molar-refractivity contribution in [3.8, 4) is 0 Å². The monoisotopic (exact) mass is 499 g/mol. The summed E-state index contributed by atoms with van der Waals surface area (Å²) in [5.41, 5.74) is 2.51. The third-order valence-corrected chi connectivity index (χ3v) is 11.5. The molecule has 36 heavy (non-hydrogen) atoms. The van der Waals surface area contributed by atoms with Crippen molar-refractivity contribution in [1.29, 1.82) is 0 Å². The van der Waals surface area contributed by atoms with Crippen molar-refractivity contribution in [2.45, 2.75) is 124 Å². The molecule has 0 aliphatic heterocycles. The number of ether oxygens (including phenoxy) is 1. The molecule has 4 aliphatic rings. The minimum Gasteiger partial charge on any atom is -0.462 e. The lowest BCUT2D eigenvalue weighted by Crippen LogP contribution is -2.51. The summed E-state index contributed by atoms with van der Waals surface area (Å²) in [5.74, 6) is 5.27. The van der Waals surface area contributed by atoms with E-state index in [2.05, 4.69) is 59.7 Å². The normalized spacial score (nSPS) is 38.8. The minimum atomic E-state index is 0.00711. The van der Waals surface area contributed by atoms with Gasteiger partial charge in [0.15, 0.2) is 0 Å². The zero-order valence-corrected chi connectivity index (χ0v) is 24.8. The van der Waals surface area contributed by atoms with Crippen LogP contribution in [-0.2, 0) is 9.53 Å². The van der Waals surface area contributed by atoms with Gasteiger partial charge in [0.1, 0.15) is 6.10 Å². The number of nitrogens with zero attached hydrogens (tertiary/aromatic N) is 1. The van der Waals surface area contributed by atoms with E-state index in [9.17, 15) is 4.79 Å². The van der Waals surface area contributed by atoms with E-state index in [1.54, 1.807) is 5.57 Å². The van der Waals surface area contributed by atoms with Gasteiger partial charge in [0.25, 0.3) is 0 Å². The van der Waals surface area contributed by atoms with Gasteiger partial charge in [-0.1, -0.05) is 65.5 Å². The molecule has 4 rings (SSSR count). The number of hydrogen-bond donors (Lipinski definition) is 0. The van der Waals surface area contributed by atoms with Crippen LogP contribution in [0.3, 0.4) is 0 Å². The molecule has 206 valence electrons. The van der Waals surface area contributed by atoms with Crippen LogP contribution in [0.25, 0.3) is 0 Å². The number of rotatable bonds is 10. The Hall–Kier alpha value is -0.830. The first-order chi connectivity index (χ1) is 17.0. The number of allylic oxidation sites excluding steroid dienone is 1. The molecule has 3 heteroatoms. The Morgan fingerprint density at radius 3 is 2.53 bits per heavy atom. The summed E-state index contributed by atoms with van der Waals surface area (Å²) >= 11 is 0. The largest absolute Gasteiger partial charge is 0.462 e. The van der Waals surface area contributed by atoms with Crippen LogP contribution in [0.4, 0.5) is 0 Å². The molecule has 4 unspecified atom stereocenters. The molecule has 4 aliphatic carbocycles. The van der Waals surface area contributed by atoms with Crippen LogP contribution in [0.2, 0.25) is 0 Å². The quantitative estimate of drug-likeness (QED) is 0.224. The highest BCUT2D eigenvalue weighted by Gasteiger charge is 2.59. The van der Waals surface area contributed by atoms with Gasteiger partial charge in [-0.15, -0.1) is 0 Å². The second-order valence-corrected chi connectivity index (χ2v) is 14.6. The summed E-state index contributed by atoms with van der Waals surface area (Å²) in [6.45, 7) is 13.5. The lowest BCUT2D eigenvalue weighted by molar-refractivity contribution is -0.151. The summed E-state index contributed by atoms with van der Waals surface area (Å²) in [5, 5.41) is 0. The molecule has 3 fully saturated rings.